The van der Waals surface area contributed by atoms with Gasteiger partial charge in [-0.1, -0.05) is 30.7 Å². The molecule has 1 aliphatic heterocycles. The molecule has 1 amide bonds. The summed E-state index contributed by atoms with van der Waals surface area (Å²) in [7, 11) is 0. The molecular weight excluding hydrogens is 362 g/mol. The number of amides is 1. The molecule has 0 unspecified atom stereocenters. The number of anilines is 2. The van der Waals surface area contributed by atoms with Crippen LogP contribution in [0, 0.1) is 0 Å². The third kappa shape index (κ3) is 3.63. The highest BCUT2D eigenvalue weighted by Gasteiger charge is 2.18. The number of halogens is 1. The molecule has 7 heteroatoms. The zero-order valence-corrected chi connectivity index (χ0v) is 16.0. The number of imidazole rings is 1. The number of piperazine rings is 1. The van der Waals surface area contributed by atoms with Crippen LogP contribution in [0.2, 0.25) is 5.02 Å². The summed E-state index contributed by atoms with van der Waals surface area (Å²) in [6.45, 7) is 7.35. The van der Waals surface area contributed by atoms with Gasteiger partial charge in [0.1, 0.15) is 11.3 Å². The highest BCUT2D eigenvalue weighted by Crippen LogP contribution is 2.23. The molecule has 0 aliphatic carbocycles. The molecule has 3 aromatic rings. The van der Waals surface area contributed by atoms with E-state index in [1.165, 1.54) is 0 Å². The smallest absolute Gasteiger partial charge is 0.274 e. The predicted octanol–water partition coefficient (Wildman–Crippen LogP) is 3.38. The molecule has 0 radical (unpaired) electrons. The van der Waals surface area contributed by atoms with E-state index in [0.717, 1.165) is 44.1 Å². The lowest BCUT2D eigenvalue weighted by Gasteiger charge is -2.35. The summed E-state index contributed by atoms with van der Waals surface area (Å²) in [4.78, 5) is 21.9. The van der Waals surface area contributed by atoms with Gasteiger partial charge in [-0.05, 0) is 30.8 Å². The number of fused-ring (bicyclic) bond motifs is 1. The van der Waals surface area contributed by atoms with Crippen LogP contribution in [0.25, 0.3) is 5.65 Å². The molecule has 0 spiro atoms. The van der Waals surface area contributed by atoms with Gasteiger partial charge in [0.2, 0.25) is 0 Å². The quantitative estimate of drug-likeness (QED) is 0.750. The minimum absolute atomic E-state index is 0.233. The van der Waals surface area contributed by atoms with E-state index in [1.54, 1.807) is 18.3 Å². The van der Waals surface area contributed by atoms with Gasteiger partial charge in [0.05, 0.1) is 22.6 Å². The van der Waals surface area contributed by atoms with E-state index >= 15 is 0 Å². The molecule has 1 fully saturated rings. The number of para-hydroxylation sites is 1. The zero-order chi connectivity index (χ0) is 18.8. The first-order valence-electron chi connectivity index (χ1n) is 9.16. The van der Waals surface area contributed by atoms with Gasteiger partial charge in [-0.15, -0.1) is 0 Å². The number of rotatable bonds is 4. The Hall–Kier alpha value is -2.57. The Balaban J connectivity index is 1.59. The van der Waals surface area contributed by atoms with Gasteiger partial charge in [0, 0.05) is 32.4 Å². The normalized spacial score (nSPS) is 15.3. The summed E-state index contributed by atoms with van der Waals surface area (Å²) >= 11 is 6.15. The number of aromatic nitrogens is 2. The second-order valence-electron chi connectivity index (χ2n) is 6.61. The maximum atomic E-state index is 12.8. The standard InChI is InChI=1S/C20H22ClN5O/c1-2-24-9-11-25(12-10-24)15-7-8-19-22-13-18(26(19)14-15)20(27)23-17-6-4-3-5-16(17)21/h3-8,13-14H,2,9-12H2,1H3,(H,23,27). The average Bonchev–Trinajstić information content (AvgIpc) is 3.13. The van der Waals surface area contributed by atoms with Gasteiger partial charge in [-0.3, -0.25) is 9.20 Å². The highest BCUT2D eigenvalue weighted by atomic mass is 35.5. The van der Waals surface area contributed by atoms with Gasteiger partial charge in [-0.25, -0.2) is 4.98 Å². The van der Waals surface area contributed by atoms with Crippen molar-refractivity contribution in [3.63, 3.8) is 0 Å². The Morgan fingerprint density at radius 1 is 1.15 bits per heavy atom. The van der Waals surface area contributed by atoms with E-state index in [2.05, 4.69) is 33.1 Å². The molecular formula is C20H22ClN5O. The number of nitrogens with one attached hydrogen (secondary N) is 1. The van der Waals surface area contributed by atoms with Crippen LogP contribution in [0.5, 0.6) is 0 Å². The molecule has 140 valence electrons. The third-order valence-electron chi connectivity index (χ3n) is 5.03. The minimum atomic E-state index is -0.233. The highest BCUT2D eigenvalue weighted by molar-refractivity contribution is 6.33. The third-order valence-corrected chi connectivity index (χ3v) is 5.36. The number of hydrogen-bond donors (Lipinski definition) is 1. The van der Waals surface area contributed by atoms with Crippen molar-refractivity contribution < 1.29 is 4.79 Å². The number of benzene rings is 1. The van der Waals surface area contributed by atoms with Crippen LogP contribution in [0.1, 0.15) is 17.4 Å². The first-order chi connectivity index (χ1) is 13.2. The van der Waals surface area contributed by atoms with E-state index in [0.29, 0.717) is 16.4 Å². The predicted molar refractivity (Wildman–Crippen MR) is 109 cm³/mol. The number of nitrogens with zero attached hydrogens (tertiary/aromatic N) is 4. The first-order valence-corrected chi connectivity index (χ1v) is 9.54. The fraction of sp³-hybridized carbons (Fsp3) is 0.300. The van der Waals surface area contributed by atoms with Crippen LogP contribution in [0.4, 0.5) is 11.4 Å². The van der Waals surface area contributed by atoms with Crippen molar-refractivity contribution in [1.29, 1.82) is 0 Å². The lowest BCUT2D eigenvalue weighted by atomic mass is 10.2. The Morgan fingerprint density at radius 3 is 2.67 bits per heavy atom. The van der Waals surface area contributed by atoms with Crippen LogP contribution in [0.3, 0.4) is 0 Å². The molecule has 1 N–H and O–H groups in total. The van der Waals surface area contributed by atoms with Crippen molar-refractivity contribution in [2.45, 2.75) is 6.92 Å². The fourth-order valence-electron chi connectivity index (χ4n) is 3.40. The summed E-state index contributed by atoms with van der Waals surface area (Å²) in [6.07, 6.45) is 3.59. The number of likely N-dealkylation sites (N-methyl/N-ethyl adjacent to an activating group) is 1. The Bertz CT molecular complexity index is 962. The summed E-state index contributed by atoms with van der Waals surface area (Å²) in [6, 6.07) is 11.2. The van der Waals surface area contributed by atoms with Crippen molar-refractivity contribution in [2.75, 3.05) is 42.9 Å². The Kier molecular flexibility index (Phi) is 5.01. The largest absolute Gasteiger partial charge is 0.368 e. The minimum Gasteiger partial charge on any atom is -0.368 e. The molecule has 27 heavy (non-hydrogen) atoms. The molecule has 4 rings (SSSR count). The number of hydrogen-bond acceptors (Lipinski definition) is 4. The summed E-state index contributed by atoms with van der Waals surface area (Å²) < 4.78 is 1.84. The zero-order valence-electron chi connectivity index (χ0n) is 15.2. The Morgan fingerprint density at radius 2 is 1.93 bits per heavy atom. The monoisotopic (exact) mass is 383 g/mol. The Labute approximate surface area is 163 Å². The summed E-state index contributed by atoms with van der Waals surface area (Å²) in [5.41, 5.74) is 2.92. The van der Waals surface area contributed by atoms with E-state index in [4.69, 9.17) is 11.6 Å². The number of carbonyl (C=O) groups excluding carboxylic acids is 1. The average molecular weight is 384 g/mol. The molecule has 1 saturated heterocycles. The van der Waals surface area contributed by atoms with Crippen LogP contribution >= 0.6 is 11.6 Å². The lowest BCUT2D eigenvalue weighted by molar-refractivity contribution is 0.102. The number of carbonyl (C=O) groups is 1. The van der Waals surface area contributed by atoms with Crippen molar-refractivity contribution in [1.82, 2.24) is 14.3 Å². The van der Waals surface area contributed by atoms with Crippen LogP contribution in [0.15, 0.2) is 48.8 Å². The number of pyridine rings is 1. The second kappa shape index (κ2) is 7.58. The van der Waals surface area contributed by atoms with Gasteiger partial charge in [-0.2, -0.15) is 0 Å². The maximum absolute atomic E-state index is 12.8. The van der Waals surface area contributed by atoms with Crippen LogP contribution < -0.4 is 10.2 Å². The molecule has 0 bridgehead atoms. The van der Waals surface area contributed by atoms with Gasteiger partial charge in [0.15, 0.2) is 0 Å². The lowest BCUT2D eigenvalue weighted by Crippen LogP contribution is -2.46. The topological polar surface area (TPSA) is 52.9 Å². The van der Waals surface area contributed by atoms with E-state index in [-0.39, 0.29) is 5.91 Å². The second-order valence-corrected chi connectivity index (χ2v) is 7.02. The van der Waals surface area contributed by atoms with Crippen molar-refractivity contribution >= 4 is 34.5 Å². The van der Waals surface area contributed by atoms with Gasteiger partial charge in [0.25, 0.3) is 5.91 Å². The van der Waals surface area contributed by atoms with E-state index < -0.39 is 0 Å². The molecule has 0 atom stereocenters. The van der Waals surface area contributed by atoms with Gasteiger partial charge < -0.3 is 15.1 Å². The first kappa shape index (κ1) is 17.8. The van der Waals surface area contributed by atoms with Crippen LogP contribution in [-0.2, 0) is 0 Å². The SMILES string of the molecule is CCN1CCN(c2ccc3ncc(C(=O)Nc4ccccc4Cl)n3c2)CC1. The van der Waals surface area contributed by atoms with Crippen molar-refractivity contribution in [2.24, 2.45) is 0 Å². The van der Waals surface area contributed by atoms with Crippen LogP contribution in [-0.4, -0.2) is 52.9 Å². The molecule has 3 heterocycles. The van der Waals surface area contributed by atoms with Gasteiger partial charge >= 0.3 is 0 Å². The van der Waals surface area contributed by atoms with Crippen molar-refractivity contribution in [3.8, 4) is 0 Å². The fourth-order valence-corrected chi connectivity index (χ4v) is 3.58. The van der Waals surface area contributed by atoms with Crippen molar-refractivity contribution in [3.05, 3.63) is 59.5 Å². The van der Waals surface area contributed by atoms with E-state index in [1.807, 2.05) is 28.8 Å². The molecule has 0 saturated carbocycles. The van der Waals surface area contributed by atoms with E-state index in [9.17, 15) is 4.79 Å². The molecule has 1 aliphatic rings. The molecule has 1 aromatic carbocycles. The maximum Gasteiger partial charge on any atom is 0.274 e. The molecule has 6 nitrogen and oxygen atoms in total. The summed E-state index contributed by atoms with van der Waals surface area (Å²) in [5.74, 6) is -0.233. The molecule has 2 aromatic heterocycles. The summed E-state index contributed by atoms with van der Waals surface area (Å²) in [5, 5.41) is 3.37.